The molecule has 154 valence electrons. The summed E-state index contributed by atoms with van der Waals surface area (Å²) in [6, 6.07) is -0.116. The first-order valence-electron chi connectivity index (χ1n) is 10.1. The molecule has 0 unspecified atom stereocenters. The number of ether oxygens (including phenoxy) is 1. The summed E-state index contributed by atoms with van der Waals surface area (Å²) in [4.78, 5) is 12.0. The van der Waals surface area contributed by atoms with Crippen molar-refractivity contribution in [1.82, 2.24) is 4.72 Å². The van der Waals surface area contributed by atoms with Crippen LogP contribution in [-0.4, -0.2) is 27.5 Å². The van der Waals surface area contributed by atoms with E-state index in [1.807, 2.05) is 0 Å². The number of nitrogens with one attached hydrogen (secondary N) is 1. The van der Waals surface area contributed by atoms with Gasteiger partial charge in [0, 0.05) is 6.04 Å². The van der Waals surface area contributed by atoms with Gasteiger partial charge in [0.05, 0.1) is 7.11 Å². The number of carbonyl (C=O) groups excluding carboxylic acids is 1. The highest BCUT2D eigenvalue weighted by Gasteiger charge is 2.32. The van der Waals surface area contributed by atoms with Gasteiger partial charge in [0.1, 0.15) is 22.0 Å². The van der Waals surface area contributed by atoms with Gasteiger partial charge in [-0.05, 0) is 26.7 Å². The molecular formula is C20H33NO5S. The van der Waals surface area contributed by atoms with Gasteiger partial charge >= 0.3 is 5.97 Å². The van der Waals surface area contributed by atoms with Crippen molar-refractivity contribution in [3.63, 3.8) is 0 Å². The average molecular weight is 400 g/mol. The minimum atomic E-state index is -3.87. The highest BCUT2D eigenvalue weighted by Crippen LogP contribution is 2.28. The number of esters is 1. The van der Waals surface area contributed by atoms with Crippen molar-refractivity contribution in [3.8, 4) is 0 Å². The molecule has 1 saturated carbocycles. The molecule has 0 aromatic carbocycles. The number of sulfonamides is 1. The maximum atomic E-state index is 13.1. The molecule has 1 aliphatic carbocycles. The first kappa shape index (κ1) is 22.0. The third kappa shape index (κ3) is 6.07. The van der Waals surface area contributed by atoms with E-state index in [0.717, 1.165) is 38.5 Å². The molecular weight excluding hydrogens is 366 g/mol. The zero-order chi connectivity index (χ0) is 19.9. The van der Waals surface area contributed by atoms with Crippen LogP contribution in [0.5, 0.6) is 0 Å². The fraction of sp³-hybridized carbons (Fsp3) is 0.750. The summed E-state index contributed by atoms with van der Waals surface area (Å²) in [6.45, 7) is 3.14. The Bertz CT molecular complexity index is 711. The molecule has 27 heavy (non-hydrogen) atoms. The van der Waals surface area contributed by atoms with Crippen molar-refractivity contribution in [2.24, 2.45) is 0 Å². The molecule has 0 amide bonds. The van der Waals surface area contributed by atoms with E-state index >= 15 is 0 Å². The summed E-state index contributed by atoms with van der Waals surface area (Å²) in [5, 5.41) is 0. The lowest BCUT2D eigenvalue weighted by Crippen LogP contribution is -2.35. The van der Waals surface area contributed by atoms with E-state index in [1.165, 1.54) is 39.2 Å². The standard InChI is InChI=1S/C20H33NO5S/c1-15-18(20(22)25-3)19(16(2)26-15)27(23,24)21-17-13-11-9-7-5-4-6-8-10-12-14-17/h17,21H,4-14H2,1-3H3. The van der Waals surface area contributed by atoms with Crippen LogP contribution in [0.4, 0.5) is 0 Å². The van der Waals surface area contributed by atoms with Crippen LogP contribution in [0.3, 0.4) is 0 Å². The van der Waals surface area contributed by atoms with Gasteiger partial charge in [0.25, 0.3) is 0 Å². The lowest BCUT2D eigenvalue weighted by Gasteiger charge is -2.19. The molecule has 1 fully saturated rings. The Morgan fingerprint density at radius 2 is 1.41 bits per heavy atom. The third-order valence-corrected chi connectivity index (χ3v) is 6.96. The molecule has 0 radical (unpaired) electrons. The van der Waals surface area contributed by atoms with Crippen LogP contribution in [0.15, 0.2) is 9.31 Å². The zero-order valence-electron chi connectivity index (χ0n) is 16.8. The van der Waals surface area contributed by atoms with Crippen LogP contribution in [0, 0.1) is 13.8 Å². The predicted octanol–water partition coefficient (Wildman–Crippen LogP) is 4.63. The highest BCUT2D eigenvalue weighted by molar-refractivity contribution is 7.89. The van der Waals surface area contributed by atoms with Crippen LogP contribution in [0.1, 0.15) is 92.5 Å². The summed E-state index contributed by atoms with van der Waals surface area (Å²) in [6.07, 6.45) is 12.2. The summed E-state index contributed by atoms with van der Waals surface area (Å²) < 4.78 is 39.2. The van der Waals surface area contributed by atoms with Crippen LogP contribution in [-0.2, 0) is 14.8 Å². The van der Waals surface area contributed by atoms with Crippen LogP contribution in [0.25, 0.3) is 0 Å². The minimum Gasteiger partial charge on any atom is -0.465 e. The van der Waals surface area contributed by atoms with Crippen LogP contribution >= 0.6 is 0 Å². The Balaban J connectivity index is 2.18. The normalized spacial score (nSPS) is 18.5. The van der Waals surface area contributed by atoms with Gasteiger partial charge in [-0.3, -0.25) is 0 Å². The fourth-order valence-corrected chi connectivity index (χ4v) is 5.59. The van der Waals surface area contributed by atoms with Gasteiger partial charge in [-0.2, -0.15) is 0 Å². The van der Waals surface area contributed by atoms with Crippen molar-refractivity contribution in [2.75, 3.05) is 7.11 Å². The number of aryl methyl sites for hydroxylation is 2. The van der Waals surface area contributed by atoms with Gasteiger partial charge in [-0.1, -0.05) is 57.8 Å². The summed E-state index contributed by atoms with van der Waals surface area (Å²) >= 11 is 0. The number of hydrogen-bond donors (Lipinski definition) is 1. The molecule has 1 heterocycles. The first-order chi connectivity index (χ1) is 12.9. The minimum absolute atomic E-state index is 0.00402. The molecule has 0 aliphatic heterocycles. The SMILES string of the molecule is COC(=O)c1c(C)oc(C)c1S(=O)(=O)NC1CCCCCCCCCCC1. The van der Waals surface area contributed by atoms with E-state index in [4.69, 9.17) is 9.15 Å². The Labute approximate surface area is 163 Å². The lowest BCUT2D eigenvalue weighted by molar-refractivity contribution is 0.0594. The van der Waals surface area contributed by atoms with E-state index in [1.54, 1.807) is 13.8 Å². The maximum Gasteiger partial charge on any atom is 0.342 e. The van der Waals surface area contributed by atoms with Gasteiger partial charge in [0.2, 0.25) is 10.0 Å². The molecule has 0 bridgehead atoms. The van der Waals surface area contributed by atoms with Crippen molar-refractivity contribution in [3.05, 3.63) is 17.1 Å². The molecule has 0 saturated heterocycles. The summed E-state index contributed by atoms with van der Waals surface area (Å²) in [7, 11) is -2.63. The Morgan fingerprint density at radius 3 is 1.89 bits per heavy atom. The van der Waals surface area contributed by atoms with Gasteiger partial charge < -0.3 is 9.15 Å². The second-order valence-corrected chi connectivity index (χ2v) is 9.14. The topological polar surface area (TPSA) is 85.6 Å². The van der Waals surface area contributed by atoms with Crippen molar-refractivity contribution in [1.29, 1.82) is 0 Å². The second-order valence-electron chi connectivity index (χ2n) is 7.49. The van der Waals surface area contributed by atoms with Crippen LogP contribution < -0.4 is 4.72 Å². The van der Waals surface area contributed by atoms with E-state index in [9.17, 15) is 13.2 Å². The number of methoxy groups -OCH3 is 1. The van der Waals surface area contributed by atoms with Gasteiger partial charge in [-0.15, -0.1) is 0 Å². The lowest BCUT2D eigenvalue weighted by atomic mass is 9.98. The average Bonchev–Trinajstić information content (AvgIpc) is 2.91. The van der Waals surface area contributed by atoms with Crippen molar-refractivity contribution < 1.29 is 22.4 Å². The molecule has 1 aromatic heterocycles. The van der Waals surface area contributed by atoms with Gasteiger partial charge in [-0.25, -0.2) is 17.9 Å². The molecule has 1 N–H and O–H groups in total. The third-order valence-electron chi connectivity index (χ3n) is 5.29. The quantitative estimate of drug-likeness (QED) is 0.746. The number of furan rings is 1. The van der Waals surface area contributed by atoms with Gasteiger partial charge in [0.15, 0.2) is 0 Å². The second kappa shape index (κ2) is 10.3. The molecule has 0 spiro atoms. The predicted molar refractivity (Wildman–Crippen MR) is 104 cm³/mol. The van der Waals surface area contributed by atoms with E-state index < -0.39 is 16.0 Å². The number of rotatable bonds is 4. The van der Waals surface area contributed by atoms with E-state index in [2.05, 4.69) is 4.72 Å². The largest absolute Gasteiger partial charge is 0.465 e. The number of carbonyl (C=O) groups is 1. The Kier molecular flexibility index (Phi) is 8.35. The molecule has 6 nitrogen and oxygen atoms in total. The van der Waals surface area contributed by atoms with Crippen molar-refractivity contribution >= 4 is 16.0 Å². The number of hydrogen-bond acceptors (Lipinski definition) is 5. The van der Waals surface area contributed by atoms with E-state index in [0.29, 0.717) is 0 Å². The Hall–Kier alpha value is -1.34. The maximum absolute atomic E-state index is 13.1. The highest BCUT2D eigenvalue weighted by atomic mass is 32.2. The molecule has 0 atom stereocenters. The summed E-state index contributed by atoms with van der Waals surface area (Å²) in [5.74, 6) is -0.213. The molecule has 7 heteroatoms. The molecule has 2 rings (SSSR count). The fourth-order valence-electron chi connectivity index (χ4n) is 3.88. The zero-order valence-corrected chi connectivity index (χ0v) is 17.6. The monoisotopic (exact) mass is 399 g/mol. The van der Waals surface area contributed by atoms with E-state index in [-0.39, 0.29) is 28.0 Å². The Morgan fingerprint density at radius 1 is 0.926 bits per heavy atom. The van der Waals surface area contributed by atoms with Crippen molar-refractivity contribution in [2.45, 2.75) is 95.4 Å². The van der Waals surface area contributed by atoms with Crippen LogP contribution in [0.2, 0.25) is 0 Å². The molecule has 1 aromatic rings. The molecule has 1 aliphatic rings. The first-order valence-corrected chi connectivity index (χ1v) is 11.6. The summed E-state index contributed by atoms with van der Waals surface area (Å²) in [5.41, 5.74) is -0.00402. The smallest absolute Gasteiger partial charge is 0.342 e.